The summed E-state index contributed by atoms with van der Waals surface area (Å²) in [6, 6.07) is 0. The molecular formula is C47H82O4. The van der Waals surface area contributed by atoms with Gasteiger partial charge >= 0.3 is 5.97 Å². The third kappa shape index (κ3) is 42.1. The molecule has 0 aromatic carbocycles. The number of hydrogen-bond donors (Lipinski definition) is 1. The van der Waals surface area contributed by atoms with E-state index >= 15 is 0 Å². The number of aliphatic hydroxyl groups is 1. The molecule has 0 aromatic heterocycles. The van der Waals surface area contributed by atoms with Gasteiger partial charge in [0, 0.05) is 13.0 Å². The molecule has 0 spiro atoms. The lowest BCUT2D eigenvalue weighted by molar-refractivity contribution is -0.154. The van der Waals surface area contributed by atoms with Crippen LogP contribution in [0.15, 0.2) is 72.9 Å². The normalized spacial score (nSPS) is 13.1. The van der Waals surface area contributed by atoms with Gasteiger partial charge in [0.15, 0.2) is 0 Å². The zero-order chi connectivity index (χ0) is 37.0. The molecule has 4 heteroatoms. The summed E-state index contributed by atoms with van der Waals surface area (Å²) in [6.45, 7) is 5.17. The maximum Gasteiger partial charge on any atom is 0.306 e. The van der Waals surface area contributed by atoms with Crippen LogP contribution in [0, 0.1) is 0 Å². The molecule has 4 nitrogen and oxygen atoms in total. The summed E-state index contributed by atoms with van der Waals surface area (Å²) in [7, 11) is 0. The Morgan fingerprint density at radius 2 is 0.882 bits per heavy atom. The lowest BCUT2D eigenvalue weighted by Crippen LogP contribution is -2.27. The Kier molecular flexibility index (Phi) is 42.1. The maximum absolute atomic E-state index is 12.2. The molecule has 0 heterocycles. The zero-order valence-electron chi connectivity index (χ0n) is 33.6. The molecule has 0 aromatic rings. The van der Waals surface area contributed by atoms with Crippen molar-refractivity contribution < 1.29 is 19.4 Å². The molecule has 1 N–H and O–H groups in total. The number of hydrogen-bond acceptors (Lipinski definition) is 4. The van der Waals surface area contributed by atoms with Crippen LogP contribution in [0.4, 0.5) is 0 Å². The lowest BCUT2D eigenvalue weighted by Gasteiger charge is -2.15. The van der Waals surface area contributed by atoms with Crippen molar-refractivity contribution in [3.8, 4) is 0 Å². The van der Waals surface area contributed by atoms with Crippen molar-refractivity contribution in [3.05, 3.63) is 72.9 Å². The monoisotopic (exact) mass is 711 g/mol. The molecule has 0 aliphatic rings. The van der Waals surface area contributed by atoms with Crippen LogP contribution < -0.4 is 0 Å². The van der Waals surface area contributed by atoms with E-state index in [1.165, 1.54) is 109 Å². The fourth-order valence-electron chi connectivity index (χ4n) is 5.82. The zero-order valence-corrected chi connectivity index (χ0v) is 33.6. The number of allylic oxidation sites excluding steroid dienone is 12. The van der Waals surface area contributed by atoms with Gasteiger partial charge in [-0.05, 0) is 83.5 Å². The molecule has 0 amide bonds. The van der Waals surface area contributed by atoms with Crippen LogP contribution in [-0.2, 0) is 14.3 Å². The largest absolute Gasteiger partial charge is 0.457 e. The first kappa shape index (κ1) is 48.8. The van der Waals surface area contributed by atoms with Gasteiger partial charge in [0.1, 0.15) is 6.10 Å². The Hall–Kier alpha value is -2.17. The van der Waals surface area contributed by atoms with Crippen LogP contribution in [-0.4, -0.2) is 37.0 Å². The average molecular weight is 711 g/mol. The SMILES string of the molecule is CC/C=C\C/C=C\C/C=C\C/C=C\C/C=C\CCCCCCOCC(CO)OC(=O)CCCCCCCCCCC/C=C\CCCCCCCC. The van der Waals surface area contributed by atoms with Crippen LogP contribution in [0.3, 0.4) is 0 Å². The average Bonchev–Trinajstić information content (AvgIpc) is 3.14. The van der Waals surface area contributed by atoms with Gasteiger partial charge in [-0.1, -0.05) is 177 Å². The van der Waals surface area contributed by atoms with Crippen LogP contribution in [0.1, 0.15) is 194 Å². The summed E-state index contributed by atoms with van der Waals surface area (Å²) in [5, 5.41) is 9.60. The molecule has 51 heavy (non-hydrogen) atoms. The Labute approximate surface area is 317 Å². The van der Waals surface area contributed by atoms with Crippen molar-refractivity contribution in [2.75, 3.05) is 19.8 Å². The smallest absolute Gasteiger partial charge is 0.306 e. The molecule has 0 saturated carbocycles. The van der Waals surface area contributed by atoms with Gasteiger partial charge in [0.05, 0.1) is 13.2 Å². The second kappa shape index (κ2) is 44.0. The predicted molar refractivity (Wildman–Crippen MR) is 223 cm³/mol. The Bertz CT molecular complexity index is 881. The van der Waals surface area contributed by atoms with E-state index in [2.05, 4.69) is 86.8 Å². The first-order chi connectivity index (χ1) is 25.2. The van der Waals surface area contributed by atoms with Crippen molar-refractivity contribution in [2.24, 2.45) is 0 Å². The molecule has 0 fully saturated rings. The fraction of sp³-hybridized carbons (Fsp3) is 0.723. The van der Waals surface area contributed by atoms with Crippen LogP contribution >= 0.6 is 0 Å². The van der Waals surface area contributed by atoms with E-state index in [1.807, 2.05) is 0 Å². The second-order valence-corrected chi connectivity index (χ2v) is 14.0. The highest BCUT2D eigenvalue weighted by molar-refractivity contribution is 5.69. The number of carbonyl (C=O) groups excluding carboxylic acids is 1. The predicted octanol–water partition coefficient (Wildman–Crippen LogP) is 14.2. The van der Waals surface area contributed by atoms with Gasteiger partial charge in [0.2, 0.25) is 0 Å². The van der Waals surface area contributed by atoms with Crippen molar-refractivity contribution >= 4 is 5.97 Å². The van der Waals surface area contributed by atoms with Crippen LogP contribution in [0.5, 0.6) is 0 Å². The molecule has 0 rings (SSSR count). The Morgan fingerprint density at radius 1 is 0.490 bits per heavy atom. The minimum atomic E-state index is -0.552. The standard InChI is InChI=1S/C47H82O4/c1-3-5-7-9-11-13-15-17-19-21-23-25-27-29-31-33-35-37-39-41-43-50-45-46(44-48)51-47(49)42-40-38-36-34-32-30-28-26-24-22-20-18-16-14-12-10-8-6-4-2/h5,7,11,13,17-20,23,25,29,31,46,48H,3-4,6,8-10,12,14-16,21-22,24,26-28,30,32-45H2,1-2H3/b7-5-,13-11-,19-17-,20-18-,25-23-,31-29-. The summed E-state index contributed by atoms with van der Waals surface area (Å²) in [6.07, 6.45) is 59.6. The number of carbonyl (C=O) groups is 1. The van der Waals surface area contributed by atoms with Gasteiger partial charge in [-0.2, -0.15) is 0 Å². The summed E-state index contributed by atoms with van der Waals surface area (Å²) < 4.78 is 11.1. The number of rotatable bonds is 39. The minimum Gasteiger partial charge on any atom is -0.457 e. The number of ether oxygens (including phenoxy) is 2. The summed E-state index contributed by atoms with van der Waals surface area (Å²) >= 11 is 0. The first-order valence-electron chi connectivity index (χ1n) is 21.5. The number of aliphatic hydroxyl groups excluding tert-OH is 1. The second-order valence-electron chi connectivity index (χ2n) is 14.0. The number of esters is 1. The molecule has 1 atom stereocenters. The highest BCUT2D eigenvalue weighted by atomic mass is 16.6. The molecule has 0 aliphatic heterocycles. The quantitative estimate of drug-likeness (QED) is 0.0392. The summed E-state index contributed by atoms with van der Waals surface area (Å²) in [4.78, 5) is 12.2. The first-order valence-corrected chi connectivity index (χ1v) is 21.5. The van der Waals surface area contributed by atoms with E-state index in [0.29, 0.717) is 13.0 Å². The van der Waals surface area contributed by atoms with E-state index in [9.17, 15) is 9.90 Å². The molecule has 294 valence electrons. The highest BCUT2D eigenvalue weighted by Gasteiger charge is 2.13. The van der Waals surface area contributed by atoms with E-state index < -0.39 is 6.10 Å². The third-order valence-electron chi connectivity index (χ3n) is 9.02. The Morgan fingerprint density at radius 3 is 1.35 bits per heavy atom. The van der Waals surface area contributed by atoms with Gasteiger partial charge in [-0.3, -0.25) is 4.79 Å². The Balaban J connectivity index is 3.51. The minimum absolute atomic E-state index is 0.186. The van der Waals surface area contributed by atoms with Gasteiger partial charge in [0.25, 0.3) is 0 Å². The van der Waals surface area contributed by atoms with E-state index in [0.717, 1.165) is 64.2 Å². The topological polar surface area (TPSA) is 55.8 Å². The summed E-state index contributed by atoms with van der Waals surface area (Å²) in [5.74, 6) is -0.214. The molecule has 0 saturated heterocycles. The van der Waals surface area contributed by atoms with E-state index in [4.69, 9.17) is 9.47 Å². The summed E-state index contributed by atoms with van der Waals surface area (Å²) in [5.41, 5.74) is 0. The van der Waals surface area contributed by atoms with Crippen molar-refractivity contribution in [3.63, 3.8) is 0 Å². The maximum atomic E-state index is 12.2. The number of unbranched alkanes of at least 4 members (excludes halogenated alkanes) is 19. The highest BCUT2D eigenvalue weighted by Crippen LogP contribution is 2.13. The van der Waals surface area contributed by atoms with E-state index in [1.54, 1.807) is 0 Å². The molecule has 0 aliphatic carbocycles. The van der Waals surface area contributed by atoms with Gasteiger partial charge in [-0.25, -0.2) is 0 Å². The molecular weight excluding hydrogens is 629 g/mol. The van der Waals surface area contributed by atoms with Gasteiger partial charge < -0.3 is 14.6 Å². The molecule has 1 unspecified atom stereocenters. The van der Waals surface area contributed by atoms with Crippen molar-refractivity contribution in [2.45, 2.75) is 200 Å². The van der Waals surface area contributed by atoms with Crippen molar-refractivity contribution in [1.29, 1.82) is 0 Å². The van der Waals surface area contributed by atoms with Gasteiger partial charge in [-0.15, -0.1) is 0 Å². The fourth-order valence-corrected chi connectivity index (χ4v) is 5.82. The molecule has 0 bridgehead atoms. The molecule has 0 radical (unpaired) electrons. The van der Waals surface area contributed by atoms with E-state index in [-0.39, 0.29) is 19.2 Å². The van der Waals surface area contributed by atoms with Crippen molar-refractivity contribution in [1.82, 2.24) is 0 Å². The third-order valence-corrected chi connectivity index (χ3v) is 9.02. The van der Waals surface area contributed by atoms with Crippen LogP contribution in [0.25, 0.3) is 0 Å². The lowest BCUT2D eigenvalue weighted by atomic mass is 10.1. The van der Waals surface area contributed by atoms with Crippen LogP contribution in [0.2, 0.25) is 0 Å².